The molecule has 3 heterocycles. The van der Waals surface area contributed by atoms with Crippen molar-refractivity contribution in [1.29, 1.82) is 0 Å². The third kappa shape index (κ3) is 4.03. The van der Waals surface area contributed by atoms with E-state index in [0.717, 1.165) is 29.6 Å². The Kier molecular flexibility index (Phi) is 5.65. The number of ether oxygens (including phenoxy) is 1. The first-order valence-electron chi connectivity index (χ1n) is 8.19. The maximum absolute atomic E-state index is 12.4. The highest BCUT2D eigenvalue weighted by molar-refractivity contribution is 7.09. The first kappa shape index (κ1) is 17.1. The molecule has 1 aliphatic heterocycles. The topological polar surface area (TPSA) is 67.6 Å². The van der Waals surface area contributed by atoms with E-state index in [1.807, 2.05) is 19.1 Å². The van der Waals surface area contributed by atoms with Gasteiger partial charge in [0.1, 0.15) is 22.2 Å². The number of amides is 1. The van der Waals surface area contributed by atoms with Gasteiger partial charge in [0.15, 0.2) is 0 Å². The molecule has 130 valence electrons. The second-order valence-corrected chi connectivity index (χ2v) is 6.92. The Morgan fingerprint density at radius 1 is 1.46 bits per heavy atom. The highest BCUT2D eigenvalue weighted by Gasteiger charge is 2.26. The van der Waals surface area contributed by atoms with E-state index in [1.54, 1.807) is 12.5 Å². The number of thiazole rings is 1. The lowest BCUT2D eigenvalue weighted by molar-refractivity contribution is 0.0928. The summed E-state index contributed by atoms with van der Waals surface area (Å²) in [6.45, 7) is 4.96. The quantitative estimate of drug-likeness (QED) is 0.832. The molecule has 2 aromatic heterocycles. The SMILES string of the molecule is COCc1nc(C(=O)NC[C@H](c2ccc(C)o2)N2CCCC2)cs1. The number of aromatic nitrogens is 1. The van der Waals surface area contributed by atoms with E-state index < -0.39 is 0 Å². The van der Waals surface area contributed by atoms with Crippen molar-refractivity contribution in [3.8, 4) is 0 Å². The number of likely N-dealkylation sites (tertiary alicyclic amines) is 1. The first-order valence-corrected chi connectivity index (χ1v) is 9.07. The molecule has 7 heteroatoms. The summed E-state index contributed by atoms with van der Waals surface area (Å²) in [6, 6.07) is 4.05. The van der Waals surface area contributed by atoms with Gasteiger partial charge in [0.25, 0.3) is 5.91 Å². The second kappa shape index (κ2) is 7.92. The van der Waals surface area contributed by atoms with Gasteiger partial charge in [0.2, 0.25) is 0 Å². The minimum atomic E-state index is -0.152. The zero-order chi connectivity index (χ0) is 16.9. The van der Waals surface area contributed by atoms with Gasteiger partial charge in [-0.2, -0.15) is 0 Å². The molecule has 1 aliphatic rings. The lowest BCUT2D eigenvalue weighted by Gasteiger charge is -2.25. The van der Waals surface area contributed by atoms with Crippen molar-refractivity contribution in [2.75, 3.05) is 26.7 Å². The van der Waals surface area contributed by atoms with E-state index in [0.29, 0.717) is 18.8 Å². The summed E-state index contributed by atoms with van der Waals surface area (Å²) in [5.41, 5.74) is 0.447. The highest BCUT2D eigenvalue weighted by atomic mass is 32.1. The minimum absolute atomic E-state index is 0.0715. The number of hydrogen-bond acceptors (Lipinski definition) is 6. The molecule has 2 aromatic rings. The van der Waals surface area contributed by atoms with Crippen molar-refractivity contribution in [3.05, 3.63) is 39.7 Å². The summed E-state index contributed by atoms with van der Waals surface area (Å²) < 4.78 is 10.9. The van der Waals surface area contributed by atoms with Crippen LogP contribution >= 0.6 is 11.3 Å². The number of rotatable bonds is 7. The maximum Gasteiger partial charge on any atom is 0.270 e. The molecule has 0 aromatic carbocycles. The number of carbonyl (C=O) groups excluding carboxylic acids is 1. The largest absolute Gasteiger partial charge is 0.465 e. The van der Waals surface area contributed by atoms with Crippen LogP contribution in [0.3, 0.4) is 0 Å². The first-order chi connectivity index (χ1) is 11.7. The molecule has 0 spiro atoms. The number of nitrogens with zero attached hydrogens (tertiary/aromatic N) is 2. The fraction of sp³-hybridized carbons (Fsp3) is 0.529. The Morgan fingerprint density at radius 2 is 2.25 bits per heavy atom. The van der Waals surface area contributed by atoms with Crippen LogP contribution in [0.15, 0.2) is 21.9 Å². The summed E-state index contributed by atoms with van der Waals surface area (Å²) >= 11 is 1.44. The van der Waals surface area contributed by atoms with E-state index in [1.165, 1.54) is 24.2 Å². The van der Waals surface area contributed by atoms with Gasteiger partial charge in [-0.3, -0.25) is 9.69 Å². The summed E-state index contributed by atoms with van der Waals surface area (Å²) in [6.07, 6.45) is 2.38. The molecular weight excluding hydrogens is 326 g/mol. The molecule has 0 radical (unpaired) electrons. The van der Waals surface area contributed by atoms with Crippen LogP contribution in [0, 0.1) is 6.92 Å². The highest BCUT2D eigenvalue weighted by Crippen LogP contribution is 2.26. The molecule has 1 amide bonds. The molecule has 1 atom stereocenters. The molecule has 6 nitrogen and oxygen atoms in total. The van der Waals surface area contributed by atoms with Crippen LogP contribution in [0.2, 0.25) is 0 Å². The normalized spacial score (nSPS) is 16.4. The van der Waals surface area contributed by atoms with Crippen LogP contribution in [0.4, 0.5) is 0 Å². The predicted octanol–water partition coefficient (Wildman–Crippen LogP) is 2.76. The van der Waals surface area contributed by atoms with Gasteiger partial charge in [-0.15, -0.1) is 11.3 Å². The summed E-state index contributed by atoms with van der Waals surface area (Å²) in [5.74, 6) is 1.65. The molecule has 3 rings (SSSR count). The number of hydrogen-bond donors (Lipinski definition) is 1. The Balaban J connectivity index is 1.65. The molecule has 0 unspecified atom stereocenters. The van der Waals surface area contributed by atoms with E-state index in [4.69, 9.17) is 9.15 Å². The van der Waals surface area contributed by atoms with Crippen molar-refractivity contribution in [3.63, 3.8) is 0 Å². The number of aryl methyl sites for hydroxylation is 1. The molecule has 1 fully saturated rings. The van der Waals surface area contributed by atoms with Crippen molar-refractivity contribution >= 4 is 17.2 Å². The molecular formula is C17H23N3O3S. The zero-order valence-corrected chi connectivity index (χ0v) is 14.9. The Hall–Kier alpha value is -1.70. The van der Waals surface area contributed by atoms with E-state index in [9.17, 15) is 4.79 Å². The van der Waals surface area contributed by atoms with Crippen LogP contribution < -0.4 is 5.32 Å². The molecule has 1 saturated heterocycles. The van der Waals surface area contributed by atoms with Crippen molar-refractivity contribution in [1.82, 2.24) is 15.2 Å². The standard InChI is InChI=1S/C17H23N3O3S/c1-12-5-6-15(23-12)14(20-7-3-4-8-20)9-18-17(21)13-11-24-16(19-13)10-22-2/h5-6,11,14H,3-4,7-10H2,1-2H3,(H,18,21)/t14-/m1/s1. The van der Waals surface area contributed by atoms with Crippen molar-refractivity contribution in [2.45, 2.75) is 32.4 Å². The van der Waals surface area contributed by atoms with Crippen LogP contribution in [-0.4, -0.2) is 42.5 Å². The zero-order valence-electron chi connectivity index (χ0n) is 14.1. The Morgan fingerprint density at radius 3 is 2.92 bits per heavy atom. The second-order valence-electron chi connectivity index (χ2n) is 5.98. The van der Waals surface area contributed by atoms with Crippen LogP contribution in [-0.2, 0) is 11.3 Å². The van der Waals surface area contributed by atoms with Gasteiger partial charge in [-0.05, 0) is 45.0 Å². The summed E-state index contributed by atoms with van der Waals surface area (Å²) in [4.78, 5) is 19.0. The lowest BCUT2D eigenvalue weighted by Crippen LogP contribution is -2.36. The van der Waals surface area contributed by atoms with Crippen LogP contribution in [0.5, 0.6) is 0 Å². The van der Waals surface area contributed by atoms with Gasteiger partial charge < -0.3 is 14.5 Å². The average molecular weight is 349 g/mol. The summed E-state index contributed by atoms with van der Waals surface area (Å²) in [5, 5.41) is 5.58. The Labute approximate surface area is 145 Å². The molecule has 0 bridgehead atoms. The Bertz CT molecular complexity index is 676. The van der Waals surface area contributed by atoms with Crippen molar-refractivity contribution < 1.29 is 13.9 Å². The number of nitrogens with one attached hydrogen (secondary N) is 1. The van der Waals surface area contributed by atoms with Gasteiger partial charge in [0, 0.05) is 19.0 Å². The fourth-order valence-corrected chi connectivity index (χ4v) is 3.72. The van der Waals surface area contributed by atoms with Gasteiger partial charge in [-0.25, -0.2) is 4.98 Å². The summed E-state index contributed by atoms with van der Waals surface area (Å²) in [7, 11) is 1.62. The van der Waals surface area contributed by atoms with E-state index in [-0.39, 0.29) is 11.9 Å². The smallest absolute Gasteiger partial charge is 0.270 e. The lowest BCUT2D eigenvalue weighted by atomic mass is 10.2. The van der Waals surface area contributed by atoms with E-state index >= 15 is 0 Å². The fourth-order valence-electron chi connectivity index (χ4n) is 2.98. The predicted molar refractivity (Wildman–Crippen MR) is 92.2 cm³/mol. The van der Waals surface area contributed by atoms with Gasteiger partial charge in [-0.1, -0.05) is 0 Å². The molecule has 24 heavy (non-hydrogen) atoms. The third-order valence-corrected chi connectivity index (χ3v) is 5.00. The molecule has 0 aliphatic carbocycles. The molecule has 0 saturated carbocycles. The van der Waals surface area contributed by atoms with Crippen molar-refractivity contribution in [2.24, 2.45) is 0 Å². The maximum atomic E-state index is 12.4. The number of furan rings is 1. The minimum Gasteiger partial charge on any atom is -0.465 e. The molecule has 1 N–H and O–H groups in total. The van der Waals surface area contributed by atoms with E-state index in [2.05, 4.69) is 15.2 Å². The van der Waals surface area contributed by atoms with Gasteiger partial charge >= 0.3 is 0 Å². The van der Waals surface area contributed by atoms with Crippen LogP contribution in [0.25, 0.3) is 0 Å². The average Bonchev–Trinajstić information content (AvgIpc) is 3.30. The number of carbonyl (C=O) groups is 1. The van der Waals surface area contributed by atoms with Crippen LogP contribution in [0.1, 0.15) is 45.9 Å². The monoisotopic (exact) mass is 349 g/mol. The number of methoxy groups -OCH3 is 1. The van der Waals surface area contributed by atoms with Gasteiger partial charge in [0.05, 0.1) is 12.6 Å². The third-order valence-electron chi connectivity index (χ3n) is 4.18.